The van der Waals surface area contributed by atoms with Crippen LogP contribution in [0.4, 0.5) is 5.69 Å². The van der Waals surface area contributed by atoms with E-state index in [-0.39, 0.29) is 11.8 Å². The highest BCUT2D eigenvalue weighted by molar-refractivity contribution is 6.01. The van der Waals surface area contributed by atoms with Gasteiger partial charge in [0, 0.05) is 46.1 Å². The summed E-state index contributed by atoms with van der Waals surface area (Å²) in [6.45, 7) is 1.84. The fraction of sp³-hybridized carbons (Fsp3) is 0.529. The van der Waals surface area contributed by atoms with Crippen LogP contribution in [0.15, 0.2) is 24.7 Å². The summed E-state index contributed by atoms with van der Waals surface area (Å²) in [5, 5.41) is 8.24. The lowest BCUT2D eigenvalue weighted by molar-refractivity contribution is -0.127. The molecule has 2 amide bonds. The number of hydrogen-bond donors (Lipinski definition) is 0. The zero-order chi connectivity index (χ0) is 17.6. The van der Waals surface area contributed by atoms with E-state index in [1.54, 1.807) is 34.9 Å². The van der Waals surface area contributed by atoms with Crippen LogP contribution < -0.4 is 4.90 Å². The SMILES string of the molecule is Cn1cc(N2CC[C@]3(CCCN(C(=O)c4ccnn4C)C3)C2=O)cn1. The highest BCUT2D eigenvalue weighted by atomic mass is 16.2. The number of piperidine rings is 1. The zero-order valence-electron chi connectivity index (χ0n) is 14.6. The van der Waals surface area contributed by atoms with Crippen molar-refractivity contribution in [3.63, 3.8) is 0 Å². The Balaban J connectivity index is 1.55. The minimum Gasteiger partial charge on any atom is -0.336 e. The maximum absolute atomic E-state index is 13.1. The number of anilines is 1. The molecule has 1 spiro atoms. The first-order chi connectivity index (χ1) is 12.0. The molecule has 2 saturated heterocycles. The van der Waals surface area contributed by atoms with Crippen molar-refractivity contribution in [2.24, 2.45) is 19.5 Å². The topological polar surface area (TPSA) is 76.3 Å². The van der Waals surface area contributed by atoms with Gasteiger partial charge in [-0.15, -0.1) is 0 Å². The quantitative estimate of drug-likeness (QED) is 0.809. The first kappa shape index (κ1) is 15.9. The average Bonchev–Trinajstić information content (AvgIpc) is 3.29. The van der Waals surface area contributed by atoms with Gasteiger partial charge in [0.25, 0.3) is 5.91 Å². The van der Waals surface area contributed by atoms with Gasteiger partial charge in [-0.1, -0.05) is 0 Å². The van der Waals surface area contributed by atoms with Crippen molar-refractivity contribution < 1.29 is 9.59 Å². The van der Waals surface area contributed by atoms with E-state index in [9.17, 15) is 9.59 Å². The van der Waals surface area contributed by atoms with E-state index < -0.39 is 5.41 Å². The minimum absolute atomic E-state index is 0.0493. The van der Waals surface area contributed by atoms with Crippen LogP contribution in [-0.4, -0.2) is 55.9 Å². The summed E-state index contributed by atoms with van der Waals surface area (Å²) in [7, 11) is 3.60. The number of likely N-dealkylation sites (tertiary alicyclic amines) is 1. The van der Waals surface area contributed by atoms with Crippen LogP contribution in [0, 0.1) is 5.41 Å². The molecule has 8 heteroatoms. The van der Waals surface area contributed by atoms with Crippen molar-refractivity contribution in [2.75, 3.05) is 24.5 Å². The van der Waals surface area contributed by atoms with Crippen molar-refractivity contribution in [2.45, 2.75) is 19.3 Å². The van der Waals surface area contributed by atoms with Gasteiger partial charge in [-0.25, -0.2) is 0 Å². The predicted molar refractivity (Wildman–Crippen MR) is 91.0 cm³/mol. The Morgan fingerprint density at radius 1 is 1.20 bits per heavy atom. The Labute approximate surface area is 146 Å². The minimum atomic E-state index is -0.470. The first-order valence-electron chi connectivity index (χ1n) is 8.58. The molecule has 0 saturated carbocycles. The van der Waals surface area contributed by atoms with Gasteiger partial charge in [-0.2, -0.15) is 10.2 Å². The largest absolute Gasteiger partial charge is 0.336 e. The Kier molecular flexibility index (Phi) is 3.63. The first-order valence-corrected chi connectivity index (χ1v) is 8.58. The molecule has 25 heavy (non-hydrogen) atoms. The van der Waals surface area contributed by atoms with Gasteiger partial charge in [0.05, 0.1) is 17.3 Å². The summed E-state index contributed by atoms with van der Waals surface area (Å²) in [4.78, 5) is 29.6. The number of aryl methyl sites for hydroxylation is 2. The Hall–Kier alpha value is -2.64. The Morgan fingerprint density at radius 3 is 2.72 bits per heavy atom. The summed E-state index contributed by atoms with van der Waals surface area (Å²) < 4.78 is 3.29. The summed E-state index contributed by atoms with van der Waals surface area (Å²) in [5.41, 5.74) is 0.925. The lowest BCUT2D eigenvalue weighted by Crippen LogP contribution is -2.50. The van der Waals surface area contributed by atoms with Gasteiger partial charge in [0.1, 0.15) is 5.69 Å². The molecule has 0 aromatic carbocycles. The third-order valence-corrected chi connectivity index (χ3v) is 5.42. The second kappa shape index (κ2) is 5.72. The van der Waals surface area contributed by atoms with Gasteiger partial charge in [-0.3, -0.25) is 19.0 Å². The van der Waals surface area contributed by atoms with E-state index in [1.165, 1.54) is 0 Å². The summed E-state index contributed by atoms with van der Waals surface area (Å²) in [6, 6.07) is 1.72. The molecule has 132 valence electrons. The molecule has 2 fully saturated rings. The third-order valence-electron chi connectivity index (χ3n) is 5.42. The van der Waals surface area contributed by atoms with E-state index in [0.717, 1.165) is 24.9 Å². The second-order valence-corrected chi connectivity index (χ2v) is 7.03. The third kappa shape index (κ3) is 2.52. The average molecular weight is 342 g/mol. The smallest absolute Gasteiger partial charge is 0.272 e. The molecule has 2 aromatic rings. The van der Waals surface area contributed by atoms with Gasteiger partial charge >= 0.3 is 0 Å². The number of aromatic nitrogens is 4. The van der Waals surface area contributed by atoms with Crippen LogP contribution >= 0.6 is 0 Å². The molecule has 2 aromatic heterocycles. The Morgan fingerprint density at radius 2 is 2.04 bits per heavy atom. The van der Waals surface area contributed by atoms with Crippen molar-refractivity contribution in [3.8, 4) is 0 Å². The van der Waals surface area contributed by atoms with Crippen molar-refractivity contribution >= 4 is 17.5 Å². The zero-order valence-corrected chi connectivity index (χ0v) is 14.6. The molecule has 0 bridgehead atoms. The standard InChI is InChI=1S/C17H22N6O2/c1-20-11-13(10-19-20)23-9-6-17(16(23)25)5-3-8-22(12-17)15(24)14-4-7-18-21(14)2/h4,7,10-11H,3,5-6,8-9,12H2,1-2H3/t17-/m0/s1. The summed E-state index contributed by atoms with van der Waals surface area (Å²) >= 11 is 0. The van der Waals surface area contributed by atoms with Gasteiger partial charge in [0.2, 0.25) is 5.91 Å². The number of hydrogen-bond acceptors (Lipinski definition) is 4. The highest BCUT2D eigenvalue weighted by Crippen LogP contribution is 2.42. The summed E-state index contributed by atoms with van der Waals surface area (Å²) in [6.07, 6.45) is 7.65. The summed E-state index contributed by atoms with van der Waals surface area (Å²) in [5.74, 6) is 0.0645. The van der Waals surface area contributed by atoms with Crippen LogP contribution in [0.1, 0.15) is 29.8 Å². The van der Waals surface area contributed by atoms with Crippen molar-refractivity contribution in [3.05, 3.63) is 30.4 Å². The maximum atomic E-state index is 13.1. The van der Waals surface area contributed by atoms with Crippen LogP contribution in [-0.2, 0) is 18.9 Å². The van der Waals surface area contributed by atoms with Crippen LogP contribution in [0.2, 0.25) is 0 Å². The van der Waals surface area contributed by atoms with Gasteiger partial charge < -0.3 is 9.80 Å². The predicted octanol–water partition coefficient (Wildman–Crippen LogP) is 0.813. The number of carbonyl (C=O) groups is 2. The van der Waals surface area contributed by atoms with Gasteiger partial charge in [-0.05, 0) is 25.3 Å². The normalized spacial score (nSPS) is 23.7. The van der Waals surface area contributed by atoms with Crippen LogP contribution in [0.25, 0.3) is 0 Å². The van der Waals surface area contributed by atoms with Crippen molar-refractivity contribution in [1.29, 1.82) is 0 Å². The molecular formula is C17H22N6O2. The second-order valence-electron chi connectivity index (χ2n) is 7.03. The number of carbonyl (C=O) groups excluding carboxylic acids is 2. The van der Waals surface area contributed by atoms with E-state index in [0.29, 0.717) is 25.3 Å². The van der Waals surface area contributed by atoms with E-state index in [1.807, 2.05) is 23.0 Å². The van der Waals surface area contributed by atoms with Gasteiger partial charge in [0.15, 0.2) is 0 Å². The molecule has 4 rings (SSSR count). The Bertz CT molecular complexity index is 825. The molecule has 4 heterocycles. The lowest BCUT2D eigenvalue weighted by atomic mass is 9.78. The fourth-order valence-corrected chi connectivity index (χ4v) is 4.04. The molecule has 0 unspecified atom stereocenters. The molecule has 0 N–H and O–H groups in total. The molecule has 0 radical (unpaired) electrons. The monoisotopic (exact) mass is 342 g/mol. The molecule has 1 atom stereocenters. The fourth-order valence-electron chi connectivity index (χ4n) is 4.04. The molecule has 0 aliphatic carbocycles. The molecule has 2 aliphatic heterocycles. The molecular weight excluding hydrogens is 320 g/mol. The lowest BCUT2D eigenvalue weighted by Gasteiger charge is -2.38. The highest BCUT2D eigenvalue weighted by Gasteiger charge is 2.50. The number of nitrogens with zero attached hydrogens (tertiary/aromatic N) is 6. The van der Waals surface area contributed by atoms with E-state index in [2.05, 4.69) is 10.2 Å². The van der Waals surface area contributed by atoms with Crippen LogP contribution in [0.3, 0.4) is 0 Å². The molecule has 8 nitrogen and oxygen atoms in total. The number of amides is 2. The van der Waals surface area contributed by atoms with Crippen molar-refractivity contribution in [1.82, 2.24) is 24.5 Å². The van der Waals surface area contributed by atoms with Crippen LogP contribution in [0.5, 0.6) is 0 Å². The maximum Gasteiger partial charge on any atom is 0.272 e. The number of rotatable bonds is 2. The molecule has 2 aliphatic rings. The van der Waals surface area contributed by atoms with E-state index >= 15 is 0 Å². The van der Waals surface area contributed by atoms with E-state index in [4.69, 9.17) is 0 Å².